The number of hydrogen-bond acceptors (Lipinski definition) is 4. The zero-order valence-electron chi connectivity index (χ0n) is 21.4. The topological polar surface area (TPSA) is 104 Å². The molecule has 1 aliphatic carbocycles. The molecule has 0 radical (unpaired) electrons. The van der Waals surface area contributed by atoms with Gasteiger partial charge in [0, 0.05) is 0 Å². The van der Waals surface area contributed by atoms with Crippen molar-refractivity contribution in [2.45, 2.75) is 89.5 Å². The first kappa shape index (κ1) is 26.9. The molecule has 3 rings (SSSR count). The standard InChI is InChI=1S/C29H40N2O4/c1-27(2,34)23(19-21-13-7-5-8-14-21)31(26(33)29(25(30)32)17-11-12-18-29)24(28(3,4)35)20-22-15-9-6-10-16-22/h5-10,13-16,23-24,34-35H,11-12,17-20H2,1-4H3,(H2,30,32). The number of benzene rings is 2. The number of amides is 2. The first-order valence-electron chi connectivity index (χ1n) is 12.5. The minimum absolute atomic E-state index is 0.367. The van der Waals surface area contributed by atoms with Gasteiger partial charge in [0.05, 0.1) is 23.3 Å². The molecule has 190 valence electrons. The van der Waals surface area contributed by atoms with E-state index in [1.807, 2.05) is 60.7 Å². The third-order valence-corrected chi connectivity index (χ3v) is 7.42. The van der Waals surface area contributed by atoms with Crippen LogP contribution in [-0.2, 0) is 22.4 Å². The molecule has 6 heteroatoms. The van der Waals surface area contributed by atoms with Crippen LogP contribution >= 0.6 is 0 Å². The molecule has 4 N–H and O–H groups in total. The Morgan fingerprint density at radius 3 is 1.51 bits per heavy atom. The fourth-order valence-corrected chi connectivity index (χ4v) is 5.34. The van der Waals surface area contributed by atoms with Crippen molar-refractivity contribution >= 4 is 11.8 Å². The minimum atomic E-state index is -1.33. The Bertz CT molecular complexity index is 927. The van der Waals surface area contributed by atoms with E-state index in [2.05, 4.69) is 0 Å². The highest BCUT2D eigenvalue weighted by Gasteiger charge is 2.54. The summed E-state index contributed by atoms with van der Waals surface area (Å²) in [5, 5.41) is 22.8. The zero-order valence-corrected chi connectivity index (χ0v) is 21.4. The number of primary amides is 1. The Labute approximate surface area is 209 Å². The molecular formula is C29H40N2O4. The van der Waals surface area contributed by atoms with Gasteiger partial charge < -0.3 is 20.8 Å². The maximum absolute atomic E-state index is 14.5. The molecule has 0 saturated heterocycles. The lowest BCUT2D eigenvalue weighted by Crippen LogP contribution is -2.66. The van der Waals surface area contributed by atoms with E-state index in [1.54, 1.807) is 32.6 Å². The lowest BCUT2D eigenvalue weighted by Gasteiger charge is -2.50. The second-order valence-corrected chi connectivity index (χ2v) is 11.1. The molecule has 2 amide bonds. The van der Waals surface area contributed by atoms with Crippen molar-refractivity contribution in [2.24, 2.45) is 11.1 Å². The number of nitrogens with two attached hydrogens (primary N) is 1. The Balaban J connectivity index is 2.18. The average molecular weight is 481 g/mol. The monoisotopic (exact) mass is 480 g/mol. The van der Waals surface area contributed by atoms with E-state index in [0.717, 1.165) is 24.0 Å². The highest BCUT2D eigenvalue weighted by Crippen LogP contribution is 2.42. The van der Waals surface area contributed by atoms with Crippen LogP contribution < -0.4 is 5.73 Å². The fourth-order valence-electron chi connectivity index (χ4n) is 5.34. The molecule has 0 spiro atoms. The van der Waals surface area contributed by atoms with E-state index in [4.69, 9.17) is 5.73 Å². The predicted molar refractivity (Wildman–Crippen MR) is 137 cm³/mol. The molecule has 2 aromatic rings. The molecule has 0 bridgehead atoms. The Morgan fingerprint density at radius 2 is 1.20 bits per heavy atom. The van der Waals surface area contributed by atoms with Gasteiger partial charge in [-0.05, 0) is 64.5 Å². The van der Waals surface area contributed by atoms with Crippen LogP contribution in [0.25, 0.3) is 0 Å². The van der Waals surface area contributed by atoms with Gasteiger partial charge >= 0.3 is 0 Å². The van der Waals surface area contributed by atoms with Crippen LogP contribution in [0, 0.1) is 5.41 Å². The molecule has 6 nitrogen and oxygen atoms in total. The largest absolute Gasteiger partial charge is 0.388 e. The highest BCUT2D eigenvalue weighted by atomic mass is 16.3. The third kappa shape index (κ3) is 6.11. The Morgan fingerprint density at radius 1 is 0.829 bits per heavy atom. The maximum Gasteiger partial charge on any atom is 0.238 e. The van der Waals surface area contributed by atoms with Crippen LogP contribution in [0.3, 0.4) is 0 Å². The Hall–Kier alpha value is -2.70. The summed E-state index contributed by atoms with van der Waals surface area (Å²) in [6, 6.07) is 17.9. The SMILES string of the molecule is CC(C)(O)C(Cc1ccccc1)N(C(=O)C1(C(N)=O)CCCC1)C(Cc1ccccc1)C(C)(C)O. The van der Waals surface area contributed by atoms with Crippen molar-refractivity contribution in [3.05, 3.63) is 71.8 Å². The summed E-state index contributed by atoms with van der Waals surface area (Å²) >= 11 is 0. The zero-order chi connectivity index (χ0) is 25.9. The molecule has 1 fully saturated rings. The molecule has 1 saturated carbocycles. The number of aliphatic hydroxyl groups is 2. The molecule has 1 aliphatic rings. The molecule has 0 aromatic heterocycles. The molecule has 2 aromatic carbocycles. The summed E-state index contributed by atoms with van der Waals surface area (Å²) in [6.07, 6.45) is 2.97. The predicted octanol–water partition coefficient (Wildman–Crippen LogP) is 3.63. The van der Waals surface area contributed by atoms with Gasteiger partial charge in [0.15, 0.2) is 0 Å². The van der Waals surface area contributed by atoms with Crippen LogP contribution in [0.5, 0.6) is 0 Å². The smallest absolute Gasteiger partial charge is 0.238 e. The van der Waals surface area contributed by atoms with Crippen LogP contribution in [0.4, 0.5) is 0 Å². The summed E-state index contributed by atoms with van der Waals surface area (Å²) in [5.74, 6) is -1.03. The molecule has 35 heavy (non-hydrogen) atoms. The van der Waals surface area contributed by atoms with Gasteiger partial charge in [-0.3, -0.25) is 9.59 Å². The quantitative estimate of drug-likeness (QED) is 0.452. The highest BCUT2D eigenvalue weighted by molar-refractivity contribution is 6.05. The lowest BCUT2D eigenvalue weighted by molar-refractivity contribution is -0.166. The summed E-state index contributed by atoms with van der Waals surface area (Å²) in [7, 11) is 0. The van der Waals surface area contributed by atoms with Crippen molar-refractivity contribution in [3.8, 4) is 0 Å². The fraction of sp³-hybridized carbons (Fsp3) is 0.517. The Kier molecular flexibility index (Phi) is 8.07. The minimum Gasteiger partial charge on any atom is -0.388 e. The number of carbonyl (C=O) groups excluding carboxylic acids is 2. The number of nitrogens with zero attached hydrogens (tertiary/aromatic N) is 1. The molecule has 0 aliphatic heterocycles. The summed E-state index contributed by atoms with van der Waals surface area (Å²) in [5.41, 5.74) is 3.82. The van der Waals surface area contributed by atoms with Crippen molar-refractivity contribution in [1.82, 2.24) is 4.90 Å². The van der Waals surface area contributed by atoms with Gasteiger partial charge in [0.1, 0.15) is 5.41 Å². The summed E-state index contributed by atoms with van der Waals surface area (Å²) < 4.78 is 0. The van der Waals surface area contributed by atoms with Crippen LogP contribution in [0.1, 0.15) is 64.5 Å². The number of hydrogen-bond donors (Lipinski definition) is 3. The molecule has 2 unspecified atom stereocenters. The van der Waals surface area contributed by atoms with E-state index in [9.17, 15) is 19.8 Å². The van der Waals surface area contributed by atoms with E-state index >= 15 is 0 Å². The van der Waals surface area contributed by atoms with Crippen molar-refractivity contribution in [2.75, 3.05) is 0 Å². The number of rotatable bonds is 10. The van der Waals surface area contributed by atoms with Gasteiger partial charge in [0.25, 0.3) is 0 Å². The van der Waals surface area contributed by atoms with Crippen LogP contribution in [-0.4, -0.2) is 50.2 Å². The third-order valence-electron chi connectivity index (χ3n) is 7.42. The average Bonchev–Trinajstić information content (AvgIpc) is 3.29. The van der Waals surface area contributed by atoms with Crippen LogP contribution in [0.15, 0.2) is 60.7 Å². The molecule has 2 atom stereocenters. The van der Waals surface area contributed by atoms with Crippen LogP contribution in [0.2, 0.25) is 0 Å². The molecular weight excluding hydrogens is 440 g/mol. The normalized spacial score (nSPS) is 17.5. The second kappa shape index (κ2) is 10.5. The lowest BCUT2D eigenvalue weighted by atomic mass is 9.78. The van der Waals surface area contributed by atoms with E-state index in [0.29, 0.717) is 25.7 Å². The second-order valence-electron chi connectivity index (χ2n) is 11.1. The van der Waals surface area contributed by atoms with Crippen molar-refractivity contribution in [1.29, 1.82) is 0 Å². The number of carbonyl (C=O) groups is 2. The van der Waals surface area contributed by atoms with Crippen molar-refractivity contribution < 1.29 is 19.8 Å². The van der Waals surface area contributed by atoms with Gasteiger partial charge in [-0.15, -0.1) is 0 Å². The summed E-state index contributed by atoms with van der Waals surface area (Å²) in [6.45, 7) is 6.71. The van der Waals surface area contributed by atoms with Gasteiger partial charge in [-0.1, -0.05) is 73.5 Å². The van der Waals surface area contributed by atoms with E-state index in [-0.39, 0.29) is 0 Å². The van der Waals surface area contributed by atoms with Crippen molar-refractivity contribution in [3.63, 3.8) is 0 Å². The first-order valence-corrected chi connectivity index (χ1v) is 12.5. The van der Waals surface area contributed by atoms with Gasteiger partial charge in [0.2, 0.25) is 11.8 Å². The summed E-state index contributed by atoms with van der Waals surface area (Å²) in [4.78, 5) is 28.9. The maximum atomic E-state index is 14.5. The molecule has 0 heterocycles. The first-order chi connectivity index (χ1) is 16.4. The van der Waals surface area contributed by atoms with E-state index in [1.165, 1.54) is 0 Å². The van der Waals surface area contributed by atoms with Gasteiger partial charge in [-0.2, -0.15) is 0 Å². The van der Waals surface area contributed by atoms with Gasteiger partial charge in [-0.25, -0.2) is 0 Å². The van der Waals surface area contributed by atoms with E-state index < -0.39 is 40.5 Å².